The Bertz CT molecular complexity index is 587. The molecule has 1 heterocycles. The van der Waals surface area contributed by atoms with E-state index in [0.29, 0.717) is 5.92 Å². The number of rotatable bonds is 6. The van der Waals surface area contributed by atoms with Gasteiger partial charge in [-0.05, 0) is 49.9 Å². The Labute approximate surface area is 143 Å². The molecule has 1 saturated heterocycles. The molecule has 2 rings (SSSR count). The zero-order valence-corrected chi connectivity index (χ0v) is 14.0. The molecule has 0 saturated carbocycles. The van der Waals surface area contributed by atoms with Gasteiger partial charge in [0.2, 0.25) is 5.91 Å². The van der Waals surface area contributed by atoms with Crippen molar-refractivity contribution in [1.82, 2.24) is 5.32 Å². The summed E-state index contributed by atoms with van der Waals surface area (Å²) in [5, 5.41) is 5.81. The first-order chi connectivity index (χ1) is 11.7. The molecule has 25 heavy (non-hydrogen) atoms. The van der Waals surface area contributed by atoms with E-state index < -0.39 is 18.6 Å². The molecule has 0 spiro atoms. The summed E-state index contributed by atoms with van der Waals surface area (Å²) in [6, 6.07) is 3.09. The highest BCUT2D eigenvalue weighted by molar-refractivity contribution is 5.92. The van der Waals surface area contributed by atoms with Crippen molar-refractivity contribution < 1.29 is 27.1 Å². The molecule has 140 valence electrons. The van der Waals surface area contributed by atoms with Crippen molar-refractivity contribution >= 4 is 11.6 Å². The maximum Gasteiger partial charge on any atom is 0.422 e. The molecule has 0 bridgehead atoms. The molecule has 2 unspecified atom stereocenters. The Balaban J connectivity index is 1.97. The van der Waals surface area contributed by atoms with Crippen molar-refractivity contribution in [2.45, 2.75) is 32.4 Å². The van der Waals surface area contributed by atoms with Gasteiger partial charge in [0.1, 0.15) is 11.6 Å². The predicted octanol–water partition coefficient (Wildman–Crippen LogP) is 3.73. The fourth-order valence-electron chi connectivity index (χ4n) is 2.90. The van der Waals surface area contributed by atoms with E-state index in [0.717, 1.165) is 38.1 Å². The van der Waals surface area contributed by atoms with E-state index in [-0.39, 0.29) is 29.7 Å². The summed E-state index contributed by atoms with van der Waals surface area (Å²) >= 11 is 0. The van der Waals surface area contributed by atoms with Crippen LogP contribution in [-0.2, 0) is 4.79 Å². The van der Waals surface area contributed by atoms with E-state index in [9.17, 15) is 22.4 Å². The number of anilines is 1. The molecule has 2 N–H and O–H groups in total. The highest BCUT2D eigenvalue weighted by Gasteiger charge is 2.29. The van der Waals surface area contributed by atoms with Crippen LogP contribution in [0.2, 0.25) is 0 Å². The minimum Gasteiger partial charge on any atom is -0.482 e. The van der Waals surface area contributed by atoms with Crippen molar-refractivity contribution in [2.75, 3.05) is 25.0 Å². The molecule has 1 aromatic rings. The van der Waals surface area contributed by atoms with Gasteiger partial charge in [-0.1, -0.05) is 6.92 Å². The molecule has 1 aromatic carbocycles. The average molecular weight is 362 g/mol. The number of piperidine rings is 1. The zero-order valence-electron chi connectivity index (χ0n) is 14.0. The normalized spacial score (nSPS) is 19.3. The summed E-state index contributed by atoms with van der Waals surface area (Å²) < 4.78 is 54.8. The minimum atomic E-state index is -4.55. The topological polar surface area (TPSA) is 50.4 Å². The Hall–Kier alpha value is -1.83. The molecule has 1 aliphatic heterocycles. The van der Waals surface area contributed by atoms with E-state index in [4.69, 9.17) is 0 Å². The van der Waals surface area contributed by atoms with Gasteiger partial charge in [-0.3, -0.25) is 4.79 Å². The summed E-state index contributed by atoms with van der Waals surface area (Å²) in [5.41, 5.74) is 0.0321. The largest absolute Gasteiger partial charge is 0.482 e. The van der Waals surface area contributed by atoms with Gasteiger partial charge in [0, 0.05) is 12.5 Å². The van der Waals surface area contributed by atoms with E-state index in [1.807, 2.05) is 6.92 Å². The summed E-state index contributed by atoms with van der Waals surface area (Å²) in [4.78, 5) is 12.2. The monoisotopic (exact) mass is 362 g/mol. The third-order valence-corrected chi connectivity index (χ3v) is 4.26. The zero-order chi connectivity index (χ0) is 18.4. The molecule has 0 aliphatic carbocycles. The SMILES string of the molecule is CC(CC(=O)Nc1ccc(F)cc1OCC(F)(F)F)C1CCCNC1. The fourth-order valence-corrected chi connectivity index (χ4v) is 2.90. The lowest BCUT2D eigenvalue weighted by Crippen LogP contribution is -2.34. The first-order valence-electron chi connectivity index (χ1n) is 8.24. The number of hydrogen-bond acceptors (Lipinski definition) is 3. The Morgan fingerprint density at radius 3 is 2.84 bits per heavy atom. The van der Waals surface area contributed by atoms with Crippen LogP contribution in [0.3, 0.4) is 0 Å². The molecule has 0 aromatic heterocycles. The van der Waals surface area contributed by atoms with Gasteiger partial charge in [0.05, 0.1) is 5.69 Å². The molecule has 0 radical (unpaired) electrons. The predicted molar refractivity (Wildman–Crippen MR) is 86.0 cm³/mol. The smallest absolute Gasteiger partial charge is 0.422 e. The summed E-state index contributed by atoms with van der Waals surface area (Å²) in [6.07, 6.45) is -2.21. The number of carbonyl (C=O) groups excluding carboxylic acids is 1. The van der Waals surface area contributed by atoms with E-state index in [1.54, 1.807) is 0 Å². The van der Waals surface area contributed by atoms with Gasteiger partial charge >= 0.3 is 6.18 Å². The maximum absolute atomic E-state index is 13.3. The number of carbonyl (C=O) groups is 1. The van der Waals surface area contributed by atoms with Crippen LogP contribution in [0.4, 0.5) is 23.2 Å². The van der Waals surface area contributed by atoms with Crippen LogP contribution in [0.15, 0.2) is 18.2 Å². The van der Waals surface area contributed by atoms with E-state index in [2.05, 4.69) is 15.4 Å². The van der Waals surface area contributed by atoms with Crippen LogP contribution < -0.4 is 15.4 Å². The molecular formula is C17H22F4N2O2. The number of halogens is 4. The molecular weight excluding hydrogens is 340 g/mol. The molecule has 1 amide bonds. The Morgan fingerprint density at radius 1 is 1.44 bits per heavy atom. The van der Waals surface area contributed by atoms with E-state index in [1.165, 1.54) is 6.07 Å². The van der Waals surface area contributed by atoms with Crippen molar-refractivity contribution in [3.63, 3.8) is 0 Å². The van der Waals surface area contributed by atoms with Crippen molar-refractivity contribution in [3.05, 3.63) is 24.0 Å². The quantitative estimate of drug-likeness (QED) is 0.758. The Kier molecular flexibility index (Phi) is 6.64. The van der Waals surface area contributed by atoms with Gasteiger partial charge in [0.25, 0.3) is 0 Å². The lowest BCUT2D eigenvalue weighted by atomic mass is 9.85. The lowest BCUT2D eigenvalue weighted by Gasteiger charge is -2.28. The Morgan fingerprint density at radius 2 is 2.20 bits per heavy atom. The standard InChI is InChI=1S/C17H22F4N2O2/c1-11(12-3-2-6-22-9-12)7-16(24)23-14-5-4-13(18)8-15(14)25-10-17(19,20)21/h4-5,8,11-12,22H,2-3,6-7,9-10H2,1H3,(H,23,24). The summed E-state index contributed by atoms with van der Waals surface area (Å²) in [5.74, 6) is -0.891. The number of ether oxygens (including phenoxy) is 1. The number of nitrogens with one attached hydrogen (secondary N) is 2. The highest BCUT2D eigenvalue weighted by Crippen LogP contribution is 2.29. The van der Waals surface area contributed by atoms with Gasteiger partial charge in [0.15, 0.2) is 6.61 Å². The fraction of sp³-hybridized carbons (Fsp3) is 0.588. The summed E-state index contributed by atoms with van der Waals surface area (Å²) in [7, 11) is 0. The molecule has 1 fully saturated rings. The van der Waals surface area contributed by atoms with Crippen LogP contribution in [-0.4, -0.2) is 31.8 Å². The van der Waals surface area contributed by atoms with Gasteiger partial charge in [-0.2, -0.15) is 13.2 Å². The average Bonchev–Trinajstić information content (AvgIpc) is 2.55. The van der Waals surface area contributed by atoms with Crippen LogP contribution >= 0.6 is 0 Å². The van der Waals surface area contributed by atoms with Crippen molar-refractivity contribution in [2.24, 2.45) is 11.8 Å². The van der Waals surface area contributed by atoms with Crippen LogP contribution in [0.25, 0.3) is 0 Å². The molecule has 1 aliphatic rings. The second kappa shape index (κ2) is 8.51. The first kappa shape index (κ1) is 19.5. The molecule has 8 heteroatoms. The second-order valence-corrected chi connectivity index (χ2v) is 6.38. The van der Waals surface area contributed by atoms with Gasteiger partial charge < -0.3 is 15.4 Å². The number of alkyl halides is 3. The van der Waals surface area contributed by atoms with Crippen LogP contribution in [0, 0.1) is 17.7 Å². The van der Waals surface area contributed by atoms with Crippen LogP contribution in [0.5, 0.6) is 5.75 Å². The third-order valence-electron chi connectivity index (χ3n) is 4.26. The number of benzene rings is 1. The van der Waals surface area contributed by atoms with Crippen molar-refractivity contribution in [1.29, 1.82) is 0 Å². The molecule has 4 nitrogen and oxygen atoms in total. The number of hydrogen-bond donors (Lipinski definition) is 2. The summed E-state index contributed by atoms with van der Waals surface area (Å²) in [6.45, 7) is 2.25. The van der Waals surface area contributed by atoms with Crippen LogP contribution in [0.1, 0.15) is 26.2 Å². The minimum absolute atomic E-state index is 0.0321. The third kappa shape index (κ3) is 6.53. The number of amides is 1. The first-order valence-corrected chi connectivity index (χ1v) is 8.24. The second-order valence-electron chi connectivity index (χ2n) is 6.38. The maximum atomic E-state index is 13.3. The van der Waals surface area contributed by atoms with Gasteiger partial charge in [-0.15, -0.1) is 0 Å². The van der Waals surface area contributed by atoms with Gasteiger partial charge in [-0.25, -0.2) is 4.39 Å². The van der Waals surface area contributed by atoms with Crippen molar-refractivity contribution in [3.8, 4) is 5.75 Å². The highest BCUT2D eigenvalue weighted by atomic mass is 19.4. The van der Waals surface area contributed by atoms with E-state index >= 15 is 0 Å². The lowest BCUT2D eigenvalue weighted by molar-refractivity contribution is -0.153. The molecule has 2 atom stereocenters.